The SMILES string of the molecule is CN=C(NCCOCC(C)C)NCc1ccccc1OC(F)F.I. The molecule has 0 saturated carbocycles. The minimum atomic E-state index is -2.84. The highest BCUT2D eigenvalue weighted by Crippen LogP contribution is 2.19. The van der Waals surface area contributed by atoms with E-state index < -0.39 is 6.61 Å². The molecule has 0 spiro atoms. The van der Waals surface area contributed by atoms with E-state index in [1.807, 2.05) is 0 Å². The first-order valence-corrected chi connectivity index (χ1v) is 7.58. The molecule has 24 heavy (non-hydrogen) atoms. The van der Waals surface area contributed by atoms with Crippen LogP contribution in [0.25, 0.3) is 0 Å². The zero-order valence-corrected chi connectivity index (χ0v) is 16.6. The maximum atomic E-state index is 12.4. The van der Waals surface area contributed by atoms with Gasteiger partial charge in [0.1, 0.15) is 5.75 Å². The van der Waals surface area contributed by atoms with Crippen LogP contribution in [0, 0.1) is 5.92 Å². The maximum absolute atomic E-state index is 12.4. The summed E-state index contributed by atoms with van der Waals surface area (Å²) < 4.78 is 34.7. The van der Waals surface area contributed by atoms with Gasteiger partial charge in [0.2, 0.25) is 0 Å². The van der Waals surface area contributed by atoms with Crippen LogP contribution in [0.4, 0.5) is 8.78 Å². The first kappa shape index (κ1) is 22.8. The normalized spacial score (nSPS) is 11.4. The second kappa shape index (κ2) is 13.2. The number of guanidine groups is 1. The van der Waals surface area contributed by atoms with Crippen molar-refractivity contribution in [1.29, 1.82) is 0 Å². The lowest BCUT2D eigenvalue weighted by atomic mass is 10.2. The predicted octanol–water partition coefficient (Wildman–Crippen LogP) is 3.24. The first-order valence-electron chi connectivity index (χ1n) is 7.58. The Hall–Kier alpha value is -1.16. The molecule has 0 saturated heterocycles. The largest absolute Gasteiger partial charge is 0.434 e. The Morgan fingerprint density at radius 1 is 1.21 bits per heavy atom. The highest BCUT2D eigenvalue weighted by molar-refractivity contribution is 14.0. The van der Waals surface area contributed by atoms with Crippen LogP contribution in [0.2, 0.25) is 0 Å². The highest BCUT2D eigenvalue weighted by atomic mass is 127. The number of rotatable bonds is 9. The summed E-state index contributed by atoms with van der Waals surface area (Å²) in [7, 11) is 1.64. The Balaban J connectivity index is 0.00000529. The predicted molar refractivity (Wildman–Crippen MR) is 102 cm³/mol. The highest BCUT2D eigenvalue weighted by Gasteiger charge is 2.09. The molecule has 1 aromatic carbocycles. The molecule has 0 aliphatic carbocycles. The van der Waals surface area contributed by atoms with E-state index in [0.29, 0.717) is 43.7 Å². The average molecular weight is 457 g/mol. The second-order valence-electron chi connectivity index (χ2n) is 5.31. The molecule has 0 radical (unpaired) electrons. The molecule has 0 bridgehead atoms. The molecule has 0 unspecified atom stereocenters. The summed E-state index contributed by atoms with van der Waals surface area (Å²) in [4.78, 5) is 4.08. The number of nitrogens with one attached hydrogen (secondary N) is 2. The van der Waals surface area contributed by atoms with Gasteiger partial charge in [-0.3, -0.25) is 4.99 Å². The quantitative estimate of drug-likeness (QED) is 0.259. The van der Waals surface area contributed by atoms with Crippen LogP contribution < -0.4 is 15.4 Å². The Labute approximate surface area is 159 Å². The molecule has 0 amide bonds. The van der Waals surface area contributed by atoms with Gasteiger partial charge in [-0.2, -0.15) is 8.78 Å². The van der Waals surface area contributed by atoms with Crippen LogP contribution in [-0.4, -0.2) is 39.4 Å². The number of halogens is 3. The molecule has 5 nitrogen and oxygen atoms in total. The average Bonchev–Trinajstić information content (AvgIpc) is 2.50. The monoisotopic (exact) mass is 457 g/mol. The minimum Gasteiger partial charge on any atom is -0.434 e. The van der Waals surface area contributed by atoms with E-state index >= 15 is 0 Å². The molecule has 8 heteroatoms. The van der Waals surface area contributed by atoms with Crippen molar-refractivity contribution in [1.82, 2.24) is 10.6 Å². The minimum absolute atomic E-state index is 0. The van der Waals surface area contributed by atoms with Gasteiger partial charge in [-0.1, -0.05) is 32.0 Å². The smallest absolute Gasteiger partial charge is 0.387 e. The Morgan fingerprint density at radius 3 is 2.54 bits per heavy atom. The fraction of sp³-hybridized carbons (Fsp3) is 0.562. The third-order valence-electron chi connectivity index (χ3n) is 2.85. The zero-order chi connectivity index (χ0) is 17.1. The summed E-state index contributed by atoms with van der Waals surface area (Å²) in [6.45, 7) is 3.57. The summed E-state index contributed by atoms with van der Waals surface area (Å²) in [5, 5.41) is 6.16. The summed E-state index contributed by atoms with van der Waals surface area (Å²) in [6.07, 6.45) is 0. The molecule has 0 heterocycles. The Kier molecular flexibility index (Phi) is 12.5. The zero-order valence-electron chi connectivity index (χ0n) is 14.2. The van der Waals surface area contributed by atoms with Crippen molar-refractivity contribution in [2.45, 2.75) is 27.0 Å². The van der Waals surface area contributed by atoms with Crippen molar-refractivity contribution < 1.29 is 18.3 Å². The number of para-hydroxylation sites is 1. The maximum Gasteiger partial charge on any atom is 0.387 e. The number of hydrogen-bond acceptors (Lipinski definition) is 3. The van der Waals surface area contributed by atoms with Crippen LogP contribution in [0.5, 0.6) is 5.75 Å². The molecule has 0 aliphatic rings. The van der Waals surface area contributed by atoms with Gasteiger partial charge in [-0.25, -0.2) is 0 Å². The Bertz CT molecular complexity index is 488. The lowest BCUT2D eigenvalue weighted by molar-refractivity contribution is -0.0504. The fourth-order valence-corrected chi connectivity index (χ4v) is 1.82. The Morgan fingerprint density at radius 2 is 1.92 bits per heavy atom. The topological polar surface area (TPSA) is 54.9 Å². The third kappa shape index (κ3) is 9.86. The second-order valence-corrected chi connectivity index (χ2v) is 5.31. The molecular weight excluding hydrogens is 431 g/mol. The molecule has 1 aromatic rings. The van der Waals surface area contributed by atoms with E-state index in [0.717, 1.165) is 0 Å². The van der Waals surface area contributed by atoms with Crippen LogP contribution in [0.1, 0.15) is 19.4 Å². The summed E-state index contributed by atoms with van der Waals surface area (Å²) in [6, 6.07) is 6.66. The van der Waals surface area contributed by atoms with Crippen molar-refractivity contribution >= 4 is 29.9 Å². The van der Waals surface area contributed by atoms with Gasteiger partial charge in [0, 0.05) is 32.3 Å². The standard InChI is InChI=1S/C16H25F2N3O2.HI/c1-12(2)11-22-9-8-20-16(19-3)21-10-13-6-4-5-7-14(13)23-15(17)18;/h4-7,12,15H,8-11H2,1-3H3,(H2,19,20,21);1H. The van der Waals surface area contributed by atoms with E-state index in [-0.39, 0.29) is 29.7 Å². The van der Waals surface area contributed by atoms with E-state index in [1.54, 1.807) is 25.2 Å². The van der Waals surface area contributed by atoms with E-state index in [1.165, 1.54) is 6.07 Å². The number of benzene rings is 1. The molecule has 0 atom stereocenters. The number of ether oxygens (including phenoxy) is 2. The summed E-state index contributed by atoms with van der Waals surface area (Å²) >= 11 is 0. The van der Waals surface area contributed by atoms with Gasteiger partial charge >= 0.3 is 6.61 Å². The third-order valence-corrected chi connectivity index (χ3v) is 2.85. The van der Waals surface area contributed by atoms with Crippen LogP contribution in [0.3, 0.4) is 0 Å². The number of aliphatic imine (C=N–C) groups is 1. The van der Waals surface area contributed by atoms with Gasteiger partial charge in [0.25, 0.3) is 0 Å². The van der Waals surface area contributed by atoms with Crippen LogP contribution in [0.15, 0.2) is 29.3 Å². The molecule has 0 aromatic heterocycles. The molecule has 138 valence electrons. The molecule has 0 fully saturated rings. The van der Waals surface area contributed by atoms with E-state index in [2.05, 4.69) is 34.2 Å². The van der Waals surface area contributed by atoms with Gasteiger partial charge in [0.15, 0.2) is 5.96 Å². The molecular formula is C16H26F2IN3O2. The van der Waals surface area contributed by atoms with E-state index in [9.17, 15) is 8.78 Å². The summed E-state index contributed by atoms with van der Waals surface area (Å²) in [5.41, 5.74) is 0.631. The number of alkyl halides is 2. The fourth-order valence-electron chi connectivity index (χ4n) is 1.82. The van der Waals surface area contributed by atoms with Crippen molar-refractivity contribution in [3.8, 4) is 5.75 Å². The lowest BCUT2D eigenvalue weighted by Gasteiger charge is -2.14. The van der Waals surface area contributed by atoms with Crippen LogP contribution >= 0.6 is 24.0 Å². The number of hydrogen-bond donors (Lipinski definition) is 2. The molecule has 2 N–H and O–H groups in total. The van der Waals surface area contributed by atoms with Crippen molar-refractivity contribution in [2.75, 3.05) is 26.8 Å². The van der Waals surface area contributed by atoms with E-state index in [4.69, 9.17) is 4.74 Å². The molecule has 0 aliphatic heterocycles. The van der Waals surface area contributed by atoms with Crippen molar-refractivity contribution in [2.24, 2.45) is 10.9 Å². The molecule has 1 rings (SSSR count). The van der Waals surface area contributed by atoms with Crippen molar-refractivity contribution in [3.63, 3.8) is 0 Å². The van der Waals surface area contributed by atoms with Gasteiger partial charge in [-0.15, -0.1) is 24.0 Å². The van der Waals surface area contributed by atoms with Crippen molar-refractivity contribution in [3.05, 3.63) is 29.8 Å². The van der Waals surface area contributed by atoms with Gasteiger partial charge in [-0.05, 0) is 12.0 Å². The van der Waals surface area contributed by atoms with Gasteiger partial charge in [0.05, 0.1) is 6.61 Å². The van der Waals surface area contributed by atoms with Gasteiger partial charge < -0.3 is 20.1 Å². The summed E-state index contributed by atoms with van der Waals surface area (Å²) in [5.74, 6) is 1.23. The lowest BCUT2D eigenvalue weighted by Crippen LogP contribution is -2.38. The number of nitrogens with zero attached hydrogens (tertiary/aromatic N) is 1. The first-order chi connectivity index (χ1) is 11.0. The van der Waals surface area contributed by atoms with Crippen LogP contribution in [-0.2, 0) is 11.3 Å².